The zero-order valence-corrected chi connectivity index (χ0v) is 21.7. The number of hydrogen-bond acceptors (Lipinski definition) is 7. The molecule has 0 aliphatic rings. The Hall–Kier alpha value is -2.91. The van der Waals surface area contributed by atoms with Crippen molar-refractivity contribution in [1.82, 2.24) is 19.8 Å². The second-order valence-corrected chi connectivity index (χ2v) is 9.57. The van der Waals surface area contributed by atoms with Gasteiger partial charge >= 0.3 is 0 Å². The molecule has 0 spiro atoms. The summed E-state index contributed by atoms with van der Waals surface area (Å²) < 4.78 is 12.8. The van der Waals surface area contributed by atoms with E-state index in [0.717, 1.165) is 20.8 Å². The number of nitrogens with one attached hydrogen (secondary N) is 1. The monoisotopic (exact) mass is 486 g/mol. The Balaban J connectivity index is 1.73. The first-order valence-corrected chi connectivity index (χ1v) is 12.4. The van der Waals surface area contributed by atoms with Crippen LogP contribution in [0.2, 0.25) is 0 Å². The fraction of sp³-hybridized carbons (Fsp3) is 0.480. The molecule has 0 saturated heterocycles. The van der Waals surface area contributed by atoms with Crippen LogP contribution in [0.15, 0.2) is 23.0 Å². The molecule has 0 atom stereocenters. The number of amides is 1. The van der Waals surface area contributed by atoms with Crippen molar-refractivity contribution >= 4 is 27.5 Å². The third kappa shape index (κ3) is 5.95. The van der Waals surface area contributed by atoms with E-state index in [-0.39, 0.29) is 18.0 Å². The molecule has 1 N–H and O–H groups in total. The number of rotatable bonds is 11. The van der Waals surface area contributed by atoms with Crippen LogP contribution in [0.25, 0.3) is 10.2 Å². The van der Waals surface area contributed by atoms with E-state index in [1.807, 2.05) is 64.9 Å². The fourth-order valence-corrected chi connectivity index (χ4v) is 4.77. The minimum absolute atomic E-state index is 0.0627. The van der Waals surface area contributed by atoms with Crippen LogP contribution in [-0.4, -0.2) is 54.2 Å². The van der Waals surface area contributed by atoms with Crippen LogP contribution in [0.1, 0.15) is 35.7 Å². The molecule has 0 saturated carbocycles. The highest BCUT2D eigenvalue weighted by Gasteiger charge is 2.18. The molecule has 0 fully saturated rings. The molecule has 0 aliphatic heterocycles. The molecule has 9 heteroatoms. The number of carbonyl (C=O) groups is 1. The van der Waals surface area contributed by atoms with E-state index < -0.39 is 0 Å². The van der Waals surface area contributed by atoms with E-state index in [1.165, 1.54) is 15.9 Å². The van der Waals surface area contributed by atoms with Crippen molar-refractivity contribution in [2.45, 2.75) is 47.2 Å². The van der Waals surface area contributed by atoms with Crippen LogP contribution in [0, 0.1) is 13.8 Å². The third-order valence-electron chi connectivity index (χ3n) is 5.47. The molecule has 3 rings (SSSR count). The lowest BCUT2D eigenvalue weighted by molar-refractivity contribution is -0.121. The van der Waals surface area contributed by atoms with Gasteiger partial charge in [-0.3, -0.25) is 14.2 Å². The molecule has 3 aromatic rings. The number of carbonyl (C=O) groups excluding carboxylic acids is 1. The van der Waals surface area contributed by atoms with Gasteiger partial charge in [0.1, 0.15) is 17.2 Å². The van der Waals surface area contributed by atoms with Gasteiger partial charge in [0.25, 0.3) is 5.56 Å². The second-order valence-electron chi connectivity index (χ2n) is 8.37. The van der Waals surface area contributed by atoms with Crippen LogP contribution >= 0.6 is 11.3 Å². The highest BCUT2D eigenvalue weighted by molar-refractivity contribution is 7.18. The Kier molecular flexibility index (Phi) is 8.68. The molecule has 2 aromatic heterocycles. The van der Waals surface area contributed by atoms with Crippen molar-refractivity contribution in [3.05, 3.63) is 50.4 Å². The summed E-state index contributed by atoms with van der Waals surface area (Å²) in [6.45, 7) is 9.75. The van der Waals surface area contributed by atoms with Crippen LogP contribution in [-0.2, 0) is 24.3 Å². The predicted molar refractivity (Wildman–Crippen MR) is 136 cm³/mol. The minimum Gasteiger partial charge on any atom is -0.490 e. The van der Waals surface area contributed by atoms with Gasteiger partial charge in [-0.2, -0.15) is 0 Å². The van der Waals surface area contributed by atoms with Crippen LogP contribution in [0.5, 0.6) is 11.5 Å². The van der Waals surface area contributed by atoms with Gasteiger partial charge in [-0.05, 0) is 71.5 Å². The lowest BCUT2D eigenvalue weighted by Crippen LogP contribution is -2.36. The smallest absolute Gasteiger partial charge is 0.263 e. The molecule has 1 amide bonds. The second kappa shape index (κ2) is 11.5. The molecule has 8 nitrogen and oxygen atoms in total. The van der Waals surface area contributed by atoms with Gasteiger partial charge in [-0.15, -0.1) is 11.3 Å². The molecule has 1 aromatic carbocycles. The SMILES string of the molecule is CCOc1ccc(CCNC(=O)Cn2c(CN(C)C)nc3sc(C)c(C)c3c2=O)cc1OCC. The van der Waals surface area contributed by atoms with E-state index in [2.05, 4.69) is 5.32 Å². The topological polar surface area (TPSA) is 85.7 Å². The van der Waals surface area contributed by atoms with Gasteiger partial charge in [0.2, 0.25) is 5.91 Å². The Morgan fingerprint density at radius 1 is 1.15 bits per heavy atom. The Morgan fingerprint density at radius 2 is 1.85 bits per heavy atom. The van der Waals surface area contributed by atoms with E-state index in [0.29, 0.717) is 55.4 Å². The largest absolute Gasteiger partial charge is 0.490 e. The number of benzene rings is 1. The fourth-order valence-electron chi connectivity index (χ4n) is 3.73. The molecule has 0 aliphatic carbocycles. The van der Waals surface area contributed by atoms with E-state index in [1.54, 1.807) is 0 Å². The maximum Gasteiger partial charge on any atom is 0.263 e. The van der Waals surface area contributed by atoms with Crippen molar-refractivity contribution in [3.8, 4) is 11.5 Å². The van der Waals surface area contributed by atoms with Gasteiger partial charge in [-0.25, -0.2) is 4.98 Å². The summed E-state index contributed by atoms with van der Waals surface area (Å²) in [6.07, 6.45) is 0.637. The quantitative estimate of drug-likeness (QED) is 0.448. The van der Waals surface area contributed by atoms with Crippen LogP contribution < -0.4 is 20.3 Å². The number of nitrogens with zero attached hydrogens (tertiary/aromatic N) is 3. The molecule has 34 heavy (non-hydrogen) atoms. The lowest BCUT2D eigenvalue weighted by Gasteiger charge is -2.16. The summed E-state index contributed by atoms with van der Waals surface area (Å²) in [5, 5.41) is 3.54. The van der Waals surface area contributed by atoms with Crippen molar-refractivity contribution in [2.75, 3.05) is 33.9 Å². The normalized spacial score (nSPS) is 11.3. The maximum atomic E-state index is 13.3. The number of hydrogen-bond donors (Lipinski definition) is 1. The first kappa shape index (κ1) is 25.7. The van der Waals surface area contributed by atoms with Gasteiger partial charge in [0, 0.05) is 11.4 Å². The van der Waals surface area contributed by atoms with E-state index >= 15 is 0 Å². The van der Waals surface area contributed by atoms with Crippen LogP contribution in [0.3, 0.4) is 0 Å². The molecular formula is C25H34N4O4S. The molecule has 184 valence electrons. The molecule has 0 unspecified atom stereocenters. The van der Waals surface area contributed by atoms with Crippen molar-refractivity contribution in [1.29, 1.82) is 0 Å². The zero-order valence-electron chi connectivity index (χ0n) is 20.9. The standard InChI is InChI=1S/C25H34N4O4S/c1-7-32-19-10-9-18(13-20(19)33-8-2)11-12-26-22(30)15-29-21(14-28(5)6)27-24-23(25(29)31)16(3)17(4)34-24/h9-10,13H,7-8,11-12,14-15H2,1-6H3,(H,26,30). The predicted octanol–water partition coefficient (Wildman–Crippen LogP) is 3.29. The summed E-state index contributed by atoms with van der Waals surface area (Å²) >= 11 is 1.52. The number of aryl methyl sites for hydroxylation is 2. The first-order valence-electron chi connectivity index (χ1n) is 11.5. The lowest BCUT2D eigenvalue weighted by atomic mass is 10.1. The minimum atomic E-state index is -0.219. The summed E-state index contributed by atoms with van der Waals surface area (Å²) in [5.41, 5.74) is 1.81. The van der Waals surface area contributed by atoms with Crippen molar-refractivity contribution < 1.29 is 14.3 Å². The van der Waals surface area contributed by atoms with Gasteiger partial charge in [0.05, 0.1) is 25.1 Å². The van der Waals surface area contributed by atoms with Gasteiger partial charge < -0.3 is 19.7 Å². The number of thiophene rings is 1. The number of aromatic nitrogens is 2. The maximum absolute atomic E-state index is 13.3. The average Bonchev–Trinajstić information content (AvgIpc) is 3.06. The van der Waals surface area contributed by atoms with Gasteiger partial charge in [-0.1, -0.05) is 6.07 Å². The van der Waals surface area contributed by atoms with E-state index in [9.17, 15) is 9.59 Å². The highest BCUT2D eigenvalue weighted by atomic mass is 32.1. The first-order chi connectivity index (χ1) is 16.2. The Labute approximate surface area is 204 Å². The molecule has 0 radical (unpaired) electrons. The summed E-state index contributed by atoms with van der Waals surface area (Å²) in [5.74, 6) is 1.79. The summed E-state index contributed by atoms with van der Waals surface area (Å²) in [4.78, 5) is 34.5. The zero-order chi connectivity index (χ0) is 24.8. The Bertz CT molecular complexity index is 1220. The van der Waals surface area contributed by atoms with Crippen molar-refractivity contribution in [2.24, 2.45) is 0 Å². The molecule has 0 bridgehead atoms. The Morgan fingerprint density at radius 3 is 2.53 bits per heavy atom. The third-order valence-corrected chi connectivity index (χ3v) is 6.57. The van der Waals surface area contributed by atoms with Crippen LogP contribution in [0.4, 0.5) is 0 Å². The van der Waals surface area contributed by atoms with Crippen molar-refractivity contribution in [3.63, 3.8) is 0 Å². The number of fused-ring (bicyclic) bond motifs is 1. The number of ether oxygens (including phenoxy) is 2. The molecular weight excluding hydrogens is 452 g/mol. The van der Waals surface area contributed by atoms with E-state index in [4.69, 9.17) is 14.5 Å². The summed E-state index contributed by atoms with van der Waals surface area (Å²) in [6, 6.07) is 5.81. The molecule has 2 heterocycles. The summed E-state index contributed by atoms with van der Waals surface area (Å²) in [7, 11) is 3.83. The van der Waals surface area contributed by atoms with Gasteiger partial charge in [0.15, 0.2) is 11.5 Å². The highest BCUT2D eigenvalue weighted by Crippen LogP contribution is 2.29. The average molecular weight is 487 g/mol.